The Labute approximate surface area is 89.4 Å². The Hall–Kier alpha value is -1.27. The molecule has 0 aliphatic heterocycles. The topological polar surface area (TPSA) is 83.6 Å². The van der Waals surface area contributed by atoms with E-state index in [2.05, 4.69) is 0 Å². The van der Waals surface area contributed by atoms with E-state index in [1.54, 1.807) is 24.3 Å². The van der Waals surface area contributed by atoms with Crippen molar-refractivity contribution < 1.29 is 13.0 Å². The summed E-state index contributed by atoms with van der Waals surface area (Å²) >= 11 is 0. The molecule has 0 bridgehead atoms. The normalized spacial score (nSPS) is 11.3. The maximum absolute atomic E-state index is 11.1. The van der Waals surface area contributed by atoms with Crippen molar-refractivity contribution in [2.45, 2.75) is 13.3 Å². The summed E-state index contributed by atoms with van der Waals surface area (Å²) in [5, 5.41) is 0. The van der Waals surface area contributed by atoms with Crippen molar-refractivity contribution in [1.82, 2.24) is 0 Å². The van der Waals surface area contributed by atoms with Crippen molar-refractivity contribution in [3.05, 3.63) is 24.3 Å². The summed E-state index contributed by atoms with van der Waals surface area (Å²) in [6, 6.07) is 6.28. The fourth-order valence-electron chi connectivity index (χ4n) is 1.22. The number of hydrogen-bond donors (Lipinski definition) is 2. The minimum atomic E-state index is -4.20. The molecule has 0 aliphatic rings. The highest BCUT2D eigenvalue weighted by molar-refractivity contribution is 7.87. The summed E-state index contributed by atoms with van der Waals surface area (Å²) < 4.78 is 32.0. The van der Waals surface area contributed by atoms with Crippen LogP contribution in [0.25, 0.3) is 0 Å². The van der Waals surface area contributed by atoms with Gasteiger partial charge in [-0.3, -0.25) is 4.55 Å². The van der Waals surface area contributed by atoms with Gasteiger partial charge in [-0.1, -0.05) is 6.92 Å². The third kappa shape index (κ3) is 3.10. The van der Waals surface area contributed by atoms with Gasteiger partial charge >= 0.3 is 10.3 Å². The van der Waals surface area contributed by atoms with Crippen LogP contribution < -0.4 is 10.0 Å². The van der Waals surface area contributed by atoms with E-state index in [1.807, 2.05) is 6.92 Å². The Balaban J connectivity index is 3.05. The van der Waals surface area contributed by atoms with Gasteiger partial charge in [0.1, 0.15) is 0 Å². The van der Waals surface area contributed by atoms with E-state index in [-0.39, 0.29) is 6.54 Å². The molecule has 6 heteroatoms. The summed E-state index contributed by atoms with van der Waals surface area (Å²) in [6.45, 7) is 2.07. The van der Waals surface area contributed by atoms with Gasteiger partial charge in [0, 0.05) is 12.2 Å². The molecule has 84 valence electrons. The van der Waals surface area contributed by atoms with Crippen molar-refractivity contribution in [3.8, 4) is 0 Å². The minimum Gasteiger partial charge on any atom is -0.399 e. The minimum absolute atomic E-state index is 0.239. The van der Waals surface area contributed by atoms with Gasteiger partial charge in [-0.15, -0.1) is 0 Å². The van der Waals surface area contributed by atoms with Crippen LogP contribution in [0, 0.1) is 0 Å². The number of nitrogens with two attached hydrogens (primary N) is 1. The van der Waals surface area contributed by atoms with Crippen LogP contribution in [-0.4, -0.2) is 19.5 Å². The summed E-state index contributed by atoms with van der Waals surface area (Å²) in [6.07, 6.45) is 0.615. The van der Waals surface area contributed by atoms with Crippen molar-refractivity contribution in [1.29, 1.82) is 0 Å². The van der Waals surface area contributed by atoms with E-state index < -0.39 is 10.3 Å². The molecule has 3 N–H and O–H groups in total. The van der Waals surface area contributed by atoms with Gasteiger partial charge < -0.3 is 5.73 Å². The molecule has 0 atom stereocenters. The predicted molar refractivity (Wildman–Crippen MR) is 60.0 cm³/mol. The Kier molecular flexibility index (Phi) is 3.54. The smallest absolute Gasteiger partial charge is 0.359 e. The first-order valence-electron chi connectivity index (χ1n) is 4.56. The lowest BCUT2D eigenvalue weighted by Gasteiger charge is -2.19. The Morgan fingerprint density at radius 1 is 1.33 bits per heavy atom. The lowest BCUT2D eigenvalue weighted by molar-refractivity contribution is 0.477. The highest BCUT2D eigenvalue weighted by atomic mass is 32.2. The van der Waals surface area contributed by atoms with Crippen LogP contribution in [0.15, 0.2) is 24.3 Å². The maximum atomic E-state index is 11.1. The lowest BCUT2D eigenvalue weighted by Crippen LogP contribution is -2.30. The molecule has 0 saturated carbocycles. The van der Waals surface area contributed by atoms with Gasteiger partial charge in [-0.2, -0.15) is 8.42 Å². The van der Waals surface area contributed by atoms with Gasteiger partial charge in [0.2, 0.25) is 0 Å². The summed E-state index contributed by atoms with van der Waals surface area (Å²) in [4.78, 5) is 0. The number of nitrogen functional groups attached to an aromatic ring is 1. The zero-order valence-electron chi connectivity index (χ0n) is 8.42. The predicted octanol–water partition coefficient (Wildman–Crippen LogP) is 1.29. The van der Waals surface area contributed by atoms with Gasteiger partial charge in [0.25, 0.3) is 0 Å². The molecule has 0 aromatic heterocycles. The zero-order chi connectivity index (χ0) is 11.5. The average molecular weight is 230 g/mol. The number of hydrogen-bond acceptors (Lipinski definition) is 3. The van der Waals surface area contributed by atoms with Crippen molar-refractivity contribution in [2.75, 3.05) is 16.6 Å². The first-order valence-corrected chi connectivity index (χ1v) is 5.95. The molecule has 1 rings (SSSR count). The molecule has 15 heavy (non-hydrogen) atoms. The Bertz CT molecular complexity index is 413. The van der Waals surface area contributed by atoms with E-state index in [4.69, 9.17) is 10.3 Å². The number of anilines is 2. The second-order valence-corrected chi connectivity index (χ2v) is 4.48. The van der Waals surface area contributed by atoms with Crippen LogP contribution in [-0.2, 0) is 10.3 Å². The molecular weight excluding hydrogens is 216 g/mol. The van der Waals surface area contributed by atoms with Gasteiger partial charge in [-0.05, 0) is 30.7 Å². The SMILES string of the molecule is CCCN(c1ccc(N)cc1)S(=O)(=O)O. The fourth-order valence-corrected chi connectivity index (χ4v) is 2.02. The quantitative estimate of drug-likeness (QED) is 0.603. The molecule has 0 amide bonds. The fraction of sp³-hybridized carbons (Fsp3) is 0.333. The van der Waals surface area contributed by atoms with Crippen LogP contribution >= 0.6 is 0 Å². The third-order valence-corrected chi connectivity index (χ3v) is 2.84. The van der Waals surface area contributed by atoms with Crippen molar-refractivity contribution >= 4 is 21.7 Å². The molecule has 0 aliphatic carbocycles. The van der Waals surface area contributed by atoms with E-state index in [9.17, 15) is 8.42 Å². The second-order valence-electron chi connectivity index (χ2n) is 3.14. The van der Waals surface area contributed by atoms with E-state index in [0.717, 1.165) is 4.31 Å². The lowest BCUT2D eigenvalue weighted by atomic mass is 10.3. The molecule has 0 fully saturated rings. The van der Waals surface area contributed by atoms with Gasteiger partial charge in [0.05, 0.1) is 5.69 Å². The van der Waals surface area contributed by atoms with Crippen LogP contribution in [0.4, 0.5) is 11.4 Å². The number of nitrogens with zero attached hydrogens (tertiary/aromatic N) is 1. The van der Waals surface area contributed by atoms with Crippen LogP contribution in [0.1, 0.15) is 13.3 Å². The van der Waals surface area contributed by atoms with E-state index in [0.29, 0.717) is 17.8 Å². The molecule has 5 nitrogen and oxygen atoms in total. The van der Waals surface area contributed by atoms with Crippen LogP contribution in [0.5, 0.6) is 0 Å². The molecular formula is C9H14N2O3S. The van der Waals surface area contributed by atoms with E-state index in [1.165, 1.54) is 0 Å². The average Bonchev–Trinajstić information content (AvgIpc) is 2.14. The first kappa shape index (κ1) is 11.8. The summed E-state index contributed by atoms with van der Waals surface area (Å²) in [7, 11) is -4.20. The first-order chi connectivity index (χ1) is 6.95. The highest BCUT2D eigenvalue weighted by Gasteiger charge is 2.17. The summed E-state index contributed by atoms with van der Waals surface area (Å²) in [5.41, 5.74) is 6.44. The third-order valence-electron chi connectivity index (χ3n) is 1.89. The van der Waals surface area contributed by atoms with Crippen LogP contribution in [0.3, 0.4) is 0 Å². The molecule has 0 unspecified atom stereocenters. The molecule has 0 saturated heterocycles. The maximum Gasteiger partial charge on any atom is 0.359 e. The van der Waals surface area contributed by atoms with Crippen LogP contribution in [0.2, 0.25) is 0 Å². The molecule has 0 radical (unpaired) electrons. The zero-order valence-corrected chi connectivity index (χ0v) is 9.24. The largest absolute Gasteiger partial charge is 0.399 e. The number of benzene rings is 1. The van der Waals surface area contributed by atoms with Gasteiger partial charge in [0.15, 0.2) is 0 Å². The standard InChI is InChI=1S/C9H14N2O3S/c1-2-7-11(15(12,13)14)9-5-3-8(10)4-6-9/h3-6H,2,7,10H2,1H3,(H,12,13,14). The number of rotatable bonds is 4. The molecule has 0 heterocycles. The molecule has 1 aromatic rings. The molecule has 1 aromatic carbocycles. The monoisotopic (exact) mass is 230 g/mol. The Morgan fingerprint density at radius 2 is 1.87 bits per heavy atom. The van der Waals surface area contributed by atoms with Gasteiger partial charge in [-0.25, -0.2) is 4.31 Å². The second kappa shape index (κ2) is 4.50. The summed E-state index contributed by atoms with van der Waals surface area (Å²) in [5.74, 6) is 0. The molecule has 0 spiro atoms. The Morgan fingerprint density at radius 3 is 2.27 bits per heavy atom. The highest BCUT2D eigenvalue weighted by Crippen LogP contribution is 2.18. The van der Waals surface area contributed by atoms with E-state index >= 15 is 0 Å². The van der Waals surface area contributed by atoms with Crippen molar-refractivity contribution in [3.63, 3.8) is 0 Å². The van der Waals surface area contributed by atoms with Crippen molar-refractivity contribution in [2.24, 2.45) is 0 Å².